The van der Waals surface area contributed by atoms with Gasteiger partial charge in [0, 0.05) is 29.0 Å². The van der Waals surface area contributed by atoms with Gasteiger partial charge in [0.1, 0.15) is 10.2 Å². The van der Waals surface area contributed by atoms with Gasteiger partial charge in [-0.2, -0.15) is 0 Å². The van der Waals surface area contributed by atoms with E-state index in [4.69, 9.17) is 11.6 Å². The van der Waals surface area contributed by atoms with Crippen LogP contribution in [0.1, 0.15) is 10.4 Å². The summed E-state index contributed by atoms with van der Waals surface area (Å²) < 4.78 is 0. The highest BCUT2D eigenvalue weighted by atomic mass is 35.5. The number of carbonyl (C=O) groups is 1. The molecule has 0 spiro atoms. The first kappa shape index (κ1) is 13.7. The van der Waals surface area contributed by atoms with Gasteiger partial charge in [-0.1, -0.05) is 23.7 Å². The minimum atomic E-state index is -0.226. The Hall–Kier alpha value is -2.24. The summed E-state index contributed by atoms with van der Waals surface area (Å²) in [6, 6.07) is 10.8. The van der Waals surface area contributed by atoms with Gasteiger partial charge in [0.25, 0.3) is 5.91 Å². The molecule has 2 aromatic heterocycles. The number of benzene rings is 1. The summed E-state index contributed by atoms with van der Waals surface area (Å²) in [6.45, 7) is 0. The van der Waals surface area contributed by atoms with Gasteiger partial charge >= 0.3 is 0 Å². The lowest BCUT2D eigenvalue weighted by Gasteiger charge is -2.06. The summed E-state index contributed by atoms with van der Waals surface area (Å²) in [6.07, 6.45) is 3.20. The Kier molecular flexibility index (Phi) is 3.94. The molecule has 1 amide bonds. The maximum absolute atomic E-state index is 12.1. The average Bonchev–Trinajstić information content (AvgIpc) is 3.02. The van der Waals surface area contributed by atoms with Gasteiger partial charge in [0.05, 0.1) is 5.56 Å². The van der Waals surface area contributed by atoms with Gasteiger partial charge in [-0.25, -0.2) is 9.97 Å². The summed E-state index contributed by atoms with van der Waals surface area (Å²) >= 11 is 7.26. The van der Waals surface area contributed by atoms with Crippen LogP contribution in [0.5, 0.6) is 0 Å². The lowest BCUT2D eigenvalue weighted by molar-refractivity contribution is 0.102. The van der Waals surface area contributed by atoms with Gasteiger partial charge < -0.3 is 5.32 Å². The number of carbonyl (C=O) groups excluding carboxylic acids is 1. The Labute approximate surface area is 130 Å². The normalized spacial score (nSPS) is 10.3. The molecule has 3 rings (SSSR count). The van der Waals surface area contributed by atoms with Crippen molar-refractivity contribution in [2.45, 2.75) is 0 Å². The van der Waals surface area contributed by atoms with E-state index >= 15 is 0 Å². The van der Waals surface area contributed by atoms with Crippen LogP contribution in [0.25, 0.3) is 10.6 Å². The molecule has 3 aromatic rings. The number of hydrogen-bond acceptors (Lipinski definition) is 4. The standard InChI is InChI=1S/C15H10ClN3OS/c16-13-5-4-11(9-18-13)14(20)19-12-3-1-2-10(8-12)15-17-6-7-21-15/h1-9H,(H,19,20). The second-order valence-corrected chi connectivity index (χ2v) is 5.52. The molecule has 0 saturated carbocycles. The van der Waals surface area contributed by atoms with Crippen molar-refractivity contribution in [2.24, 2.45) is 0 Å². The van der Waals surface area contributed by atoms with Crippen LogP contribution in [0.3, 0.4) is 0 Å². The molecule has 104 valence electrons. The topological polar surface area (TPSA) is 54.9 Å². The van der Waals surface area contributed by atoms with Crippen LogP contribution < -0.4 is 5.32 Å². The van der Waals surface area contributed by atoms with Crippen LogP contribution >= 0.6 is 22.9 Å². The van der Waals surface area contributed by atoms with E-state index in [2.05, 4.69) is 15.3 Å². The van der Waals surface area contributed by atoms with E-state index in [9.17, 15) is 4.79 Å². The maximum atomic E-state index is 12.1. The van der Waals surface area contributed by atoms with Crippen LogP contribution in [0, 0.1) is 0 Å². The third-order valence-corrected chi connectivity index (χ3v) is 3.84. The molecule has 0 aliphatic carbocycles. The second kappa shape index (κ2) is 6.03. The molecule has 0 fully saturated rings. The first-order valence-electron chi connectivity index (χ1n) is 6.15. The molecule has 1 aromatic carbocycles. The van der Waals surface area contributed by atoms with E-state index in [0.29, 0.717) is 16.4 Å². The number of amides is 1. The number of pyridine rings is 1. The summed E-state index contributed by atoms with van der Waals surface area (Å²) in [5.74, 6) is -0.226. The number of aromatic nitrogens is 2. The lowest BCUT2D eigenvalue weighted by atomic mass is 10.2. The zero-order chi connectivity index (χ0) is 14.7. The zero-order valence-corrected chi connectivity index (χ0v) is 12.4. The van der Waals surface area contributed by atoms with E-state index in [1.165, 1.54) is 6.20 Å². The van der Waals surface area contributed by atoms with E-state index < -0.39 is 0 Å². The zero-order valence-electron chi connectivity index (χ0n) is 10.8. The molecule has 0 saturated heterocycles. The van der Waals surface area contributed by atoms with Crippen molar-refractivity contribution in [3.8, 4) is 10.6 Å². The highest BCUT2D eigenvalue weighted by Crippen LogP contribution is 2.24. The lowest BCUT2D eigenvalue weighted by Crippen LogP contribution is -2.12. The van der Waals surface area contributed by atoms with E-state index in [1.807, 2.05) is 29.6 Å². The van der Waals surface area contributed by atoms with Gasteiger partial charge in [-0.15, -0.1) is 11.3 Å². The first-order valence-corrected chi connectivity index (χ1v) is 7.41. The Bertz CT molecular complexity index is 757. The predicted molar refractivity (Wildman–Crippen MR) is 84.8 cm³/mol. The van der Waals surface area contributed by atoms with Crippen LogP contribution in [0.2, 0.25) is 5.15 Å². The summed E-state index contributed by atoms with van der Waals surface area (Å²) in [5.41, 5.74) is 2.14. The van der Waals surface area contributed by atoms with E-state index in [0.717, 1.165) is 10.6 Å². The van der Waals surface area contributed by atoms with Crippen LogP contribution in [-0.2, 0) is 0 Å². The number of nitrogens with zero attached hydrogens (tertiary/aromatic N) is 2. The summed E-state index contributed by atoms with van der Waals surface area (Å²) in [7, 11) is 0. The van der Waals surface area contributed by atoms with Crippen molar-refractivity contribution in [3.05, 3.63) is 64.9 Å². The molecule has 6 heteroatoms. The van der Waals surface area contributed by atoms with Crippen molar-refractivity contribution >= 4 is 34.5 Å². The molecule has 21 heavy (non-hydrogen) atoms. The van der Waals surface area contributed by atoms with Crippen LogP contribution in [-0.4, -0.2) is 15.9 Å². The third-order valence-electron chi connectivity index (χ3n) is 2.79. The monoisotopic (exact) mass is 315 g/mol. The molecule has 0 aliphatic rings. The maximum Gasteiger partial charge on any atom is 0.257 e. The van der Waals surface area contributed by atoms with Gasteiger partial charge in [0.15, 0.2) is 0 Å². The largest absolute Gasteiger partial charge is 0.322 e. The SMILES string of the molecule is O=C(Nc1cccc(-c2nccs2)c1)c1ccc(Cl)nc1. The Balaban J connectivity index is 1.80. The molecule has 2 heterocycles. The van der Waals surface area contributed by atoms with Gasteiger partial charge in [-0.3, -0.25) is 4.79 Å². The van der Waals surface area contributed by atoms with E-state index in [1.54, 1.807) is 29.7 Å². The van der Waals surface area contributed by atoms with Crippen molar-refractivity contribution < 1.29 is 4.79 Å². The Morgan fingerprint density at radius 2 is 2.10 bits per heavy atom. The first-order chi connectivity index (χ1) is 10.2. The number of halogens is 1. The molecule has 0 unspecified atom stereocenters. The molecule has 0 bridgehead atoms. The van der Waals surface area contributed by atoms with Crippen LogP contribution in [0.15, 0.2) is 54.2 Å². The summed E-state index contributed by atoms with van der Waals surface area (Å²) in [5, 5.41) is 6.03. The van der Waals surface area contributed by atoms with E-state index in [-0.39, 0.29) is 5.91 Å². The quantitative estimate of drug-likeness (QED) is 0.740. The molecule has 0 atom stereocenters. The van der Waals surface area contributed by atoms with Gasteiger partial charge in [0.2, 0.25) is 0 Å². The Morgan fingerprint density at radius 3 is 2.81 bits per heavy atom. The number of hydrogen-bond donors (Lipinski definition) is 1. The van der Waals surface area contributed by atoms with Crippen molar-refractivity contribution in [3.63, 3.8) is 0 Å². The Morgan fingerprint density at radius 1 is 1.19 bits per heavy atom. The number of nitrogens with one attached hydrogen (secondary N) is 1. The number of rotatable bonds is 3. The molecule has 1 N–H and O–H groups in total. The minimum absolute atomic E-state index is 0.226. The smallest absolute Gasteiger partial charge is 0.257 e. The fourth-order valence-corrected chi connectivity index (χ4v) is 2.56. The fourth-order valence-electron chi connectivity index (χ4n) is 1.81. The average molecular weight is 316 g/mol. The molecular formula is C15H10ClN3OS. The predicted octanol–water partition coefficient (Wildman–Crippen LogP) is 4.11. The van der Waals surface area contributed by atoms with Gasteiger partial charge in [-0.05, 0) is 24.3 Å². The number of anilines is 1. The third kappa shape index (κ3) is 3.26. The molecule has 0 radical (unpaired) electrons. The molecular weight excluding hydrogens is 306 g/mol. The van der Waals surface area contributed by atoms with Crippen molar-refractivity contribution in [1.82, 2.24) is 9.97 Å². The second-order valence-electron chi connectivity index (χ2n) is 4.24. The molecule has 0 aliphatic heterocycles. The highest BCUT2D eigenvalue weighted by Gasteiger charge is 2.08. The van der Waals surface area contributed by atoms with Crippen molar-refractivity contribution in [1.29, 1.82) is 0 Å². The van der Waals surface area contributed by atoms with Crippen molar-refractivity contribution in [2.75, 3.05) is 5.32 Å². The number of thiazole rings is 1. The minimum Gasteiger partial charge on any atom is -0.322 e. The highest BCUT2D eigenvalue weighted by molar-refractivity contribution is 7.13. The summed E-state index contributed by atoms with van der Waals surface area (Å²) in [4.78, 5) is 20.3. The fraction of sp³-hybridized carbons (Fsp3) is 0. The van der Waals surface area contributed by atoms with Crippen LogP contribution in [0.4, 0.5) is 5.69 Å². The molecule has 4 nitrogen and oxygen atoms in total.